The molecule has 4 heteroatoms. The second kappa shape index (κ2) is 6.10. The third-order valence-corrected chi connectivity index (χ3v) is 2.46. The van der Waals surface area contributed by atoms with Gasteiger partial charge in [0.2, 0.25) is 0 Å². The van der Waals surface area contributed by atoms with Crippen molar-refractivity contribution in [2.75, 3.05) is 0 Å². The lowest BCUT2D eigenvalue weighted by Crippen LogP contribution is -2.23. The van der Waals surface area contributed by atoms with Gasteiger partial charge in [-0.25, -0.2) is 0 Å². The van der Waals surface area contributed by atoms with Gasteiger partial charge in [0, 0.05) is 24.7 Å². The Hall–Kier alpha value is -1.58. The number of pyridine rings is 1. The van der Waals surface area contributed by atoms with Crippen LogP contribution in [0.15, 0.2) is 23.1 Å². The molecular weight excluding hydrogens is 206 g/mol. The zero-order chi connectivity index (χ0) is 12.0. The van der Waals surface area contributed by atoms with E-state index < -0.39 is 5.97 Å². The van der Waals surface area contributed by atoms with Crippen LogP contribution in [0.5, 0.6) is 0 Å². The molecule has 1 aromatic rings. The molecule has 0 aromatic carbocycles. The number of carboxylic acid groups (broad SMARTS) is 1. The van der Waals surface area contributed by atoms with Crippen molar-refractivity contribution in [3.05, 3.63) is 34.2 Å². The number of unbranched alkanes of at least 4 members (excludes halogenated alkanes) is 1. The fraction of sp³-hybridized carbons (Fsp3) is 0.500. The molecule has 0 spiro atoms. The highest BCUT2D eigenvalue weighted by molar-refractivity contribution is 5.67. The number of nitrogens with zero attached hydrogens (tertiary/aromatic N) is 1. The number of aryl methyl sites for hydroxylation is 2. The van der Waals surface area contributed by atoms with Crippen molar-refractivity contribution in [2.24, 2.45) is 0 Å². The first-order valence-corrected chi connectivity index (χ1v) is 5.55. The van der Waals surface area contributed by atoms with Crippen LogP contribution < -0.4 is 5.56 Å². The van der Waals surface area contributed by atoms with Crippen molar-refractivity contribution in [1.82, 2.24) is 4.57 Å². The van der Waals surface area contributed by atoms with Crippen LogP contribution in [-0.4, -0.2) is 15.6 Å². The van der Waals surface area contributed by atoms with Crippen LogP contribution in [0.1, 0.15) is 31.7 Å². The van der Waals surface area contributed by atoms with Crippen LogP contribution in [-0.2, 0) is 17.8 Å². The molecule has 0 aliphatic carbocycles. The Kier molecular flexibility index (Phi) is 4.76. The zero-order valence-electron chi connectivity index (χ0n) is 9.48. The molecule has 0 bridgehead atoms. The highest BCUT2D eigenvalue weighted by Gasteiger charge is 2.05. The zero-order valence-corrected chi connectivity index (χ0v) is 9.48. The summed E-state index contributed by atoms with van der Waals surface area (Å²) in [6.45, 7) is 2.77. The number of rotatable bonds is 6. The second-order valence-corrected chi connectivity index (χ2v) is 3.78. The molecule has 0 atom stereocenters. The molecule has 1 rings (SSSR count). The van der Waals surface area contributed by atoms with Gasteiger partial charge in [0.1, 0.15) is 0 Å². The Labute approximate surface area is 94.5 Å². The van der Waals surface area contributed by atoms with E-state index in [2.05, 4.69) is 6.92 Å². The fourth-order valence-corrected chi connectivity index (χ4v) is 1.52. The number of aromatic nitrogens is 1. The predicted molar refractivity (Wildman–Crippen MR) is 61.6 cm³/mol. The monoisotopic (exact) mass is 223 g/mol. The molecule has 0 radical (unpaired) electrons. The Morgan fingerprint density at radius 2 is 2.25 bits per heavy atom. The van der Waals surface area contributed by atoms with Gasteiger partial charge in [0.25, 0.3) is 5.56 Å². The summed E-state index contributed by atoms with van der Waals surface area (Å²) in [6.07, 6.45) is 4.06. The molecule has 0 saturated carbocycles. The summed E-state index contributed by atoms with van der Waals surface area (Å²) >= 11 is 0. The lowest BCUT2D eigenvalue weighted by atomic mass is 10.1. The summed E-state index contributed by atoms with van der Waals surface area (Å²) in [7, 11) is 0. The molecule has 0 unspecified atom stereocenters. The van der Waals surface area contributed by atoms with Crippen molar-refractivity contribution in [3.63, 3.8) is 0 Å². The highest BCUT2D eigenvalue weighted by Crippen LogP contribution is 1.99. The number of hydrogen-bond acceptors (Lipinski definition) is 2. The molecule has 1 aromatic heterocycles. The smallest absolute Gasteiger partial charge is 0.303 e. The van der Waals surface area contributed by atoms with E-state index in [0.717, 1.165) is 12.8 Å². The molecule has 1 N–H and O–H groups in total. The van der Waals surface area contributed by atoms with Crippen molar-refractivity contribution in [1.29, 1.82) is 0 Å². The van der Waals surface area contributed by atoms with E-state index in [9.17, 15) is 9.59 Å². The van der Waals surface area contributed by atoms with Crippen molar-refractivity contribution in [3.8, 4) is 0 Å². The minimum atomic E-state index is -0.872. The third-order valence-electron chi connectivity index (χ3n) is 2.46. The molecule has 1 heterocycles. The Bertz CT molecular complexity index is 409. The highest BCUT2D eigenvalue weighted by atomic mass is 16.4. The summed E-state index contributed by atoms with van der Waals surface area (Å²) in [5, 5.41) is 8.57. The average molecular weight is 223 g/mol. The lowest BCUT2D eigenvalue weighted by Gasteiger charge is -2.06. The normalized spacial score (nSPS) is 10.3. The molecule has 0 aliphatic rings. The van der Waals surface area contributed by atoms with Gasteiger partial charge in [-0.05, 0) is 18.9 Å². The number of aliphatic carboxylic acids is 1. The quantitative estimate of drug-likeness (QED) is 0.798. The van der Waals surface area contributed by atoms with Gasteiger partial charge in [0.05, 0.1) is 0 Å². The van der Waals surface area contributed by atoms with Gasteiger partial charge in [-0.2, -0.15) is 0 Å². The van der Waals surface area contributed by atoms with Gasteiger partial charge in [-0.1, -0.05) is 19.4 Å². The van der Waals surface area contributed by atoms with Gasteiger partial charge < -0.3 is 9.67 Å². The second-order valence-electron chi connectivity index (χ2n) is 3.78. The lowest BCUT2D eigenvalue weighted by molar-refractivity contribution is -0.136. The van der Waals surface area contributed by atoms with E-state index in [-0.39, 0.29) is 12.0 Å². The molecule has 0 aliphatic heterocycles. The predicted octanol–water partition coefficient (Wildman–Crippen LogP) is 1.67. The van der Waals surface area contributed by atoms with Crippen LogP contribution in [0.4, 0.5) is 0 Å². The summed E-state index contributed by atoms with van der Waals surface area (Å²) in [6, 6.07) is 3.50. The number of hydrogen-bond donors (Lipinski definition) is 1. The Balaban J connectivity index is 2.78. The van der Waals surface area contributed by atoms with Gasteiger partial charge in [0.15, 0.2) is 0 Å². The van der Waals surface area contributed by atoms with Crippen LogP contribution in [0.25, 0.3) is 0 Å². The number of carbonyl (C=O) groups is 1. The van der Waals surface area contributed by atoms with Gasteiger partial charge >= 0.3 is 5.97 Å². The topological polar surface area (TPSA) is 59.3 Å². The van der Waals surface area contributed by atoms with Crippen LogP contribution >= 0.6 is 0 Å². The first-order valence-electron chi connectivity index (χ1n) is 5.55. The van der Waals surface area contributed by atoms with E-state index in [1.807, 2.05) is 0 Å². The van der Waals surface area contributed by atoms with E-state index in [1.165, 1.54) is 0 Å². The SMILES string of the molecule is CCCCn1cccc(CCC(=O)O)c1=O. The standard InChI is InChI=1S/C12H17NO3/c1-2-3-8-13-9-4-5-10(12(13)16)6-7-11(14)15/h4-5,9H,2-3,6-8H2,1H3,(H,14,15). The van der Waals surface area contributed by atoms with Crippen molar-refractivity contribution in [2.45, 2.75) is 39.2 Å². The summed E-state index contributed by atoms with van der Waals surface area (Å²) in [4.78, 5) is 22.3. The molecule has 88 valence electrons. The first-order chi connectivity index (χ1) is 7.65. The Morgan fingerprint density at radius 1 is 1.50 bits per heavy atom. The molecule has 0 fully saturated rings. The first kappa shape index (κ1) is 12.5. The minimum absolute atomic E-state index is 0.00698. The maximum absolute atomic E-state index is 11.9. The summed E-state index contributed by atoms with van der Waals surface area (Å²) in [5.41, 5.74) is 0.526. The molecule has 0 amide bonds. The summed E-state index contributed by atoms with van der Waals surface area (Å²) < 4.78 is 1.65. The molecule has 0 saturated heterocycles. The summed E-state index contributed by atoms with van der Waals surface area (Å²) in [5.74, 6) is -0.872. The van der Waals surface area contributed by atoms with E-state index in [0.29, 0.717) is 18.5 Å². The molecule has 4 nitrogen and oxygen atoms in total. The van der Waals surface area contributed by atoms with E-state index in [1.54, 1.807) is 22.9 Å². The molecular formula is C12H17NO3. The van der Waals surface area contributed by atoms with Crippen LogP contribution in [0.3, 0.4) is 0 Å². The minimum Gasteiger partial charge on any atom is -0.481 e. The third kappa shape index (κ3) is 3.53. The van der Waals surface area contributed by atoms with Crippen LogP contribution in [0, 0.1) is 0 Å². The molecule has 16 heavy (non-hydrogen) atoms. The largest absolute Gasteiger partial charge is 0.481 e. The van der Waals surface area contributed by atoms with Crippen molar-refractivity contribution < 1.29 is 9.90 Å². The Morgan fingerprint density at radius 3 is 2.88 bits per heavy atom. The average Bonchev–Trinajstić information content (AvgIpc) is 2.26. The van der Waals surface area contributed by atoms with Gasteiger partial charge in [-0.3, -0.25) is 9.59 Å². The van der Waals surface area contributed by atoms with Gasteiger partial charge in [-0.15, -0.1) is 0 Å². The number of carboxylic acids is 1. The van der Waals surface area contributed by atoms with E-state index >= 15 is 0 Å². The maximum Gasteiger partial charge on any atom is 0.303 e. The van der Waals surface area contributed by atoms with Crippen molar-refractivity contribution >= 4 is 5.97 Å². The maximum atomic E-state index is 11.9. The fourth-order valence-electron chi connectivity index (χ4n) is 1.52. The van der Waals surface area contributed by atoms with Crippen LogP contribution in [0.2, 0.25) is 0 Å². The van der Waals surface area contributed by atoms with E-state index in [4.69, 9.17) is 5.11 Å².